The summed E-state index contributed by atoms with van der Waals surface area (Å²) in [6, 6.07) is 13.6. The van der Waals surface area contributed by atoms with E-state index in [4.69, 9.17) is 4.74 Å². The molecule has 0 atom stereocenters. The van der Waals surface area contributed by atoms with Crippen LogP contribution in [0.2, 0.25) is 0 Å². The number of rotatable bonds is 9. The summed E-state index contributed by atoms with van der Waals surface area (Å²) in [6.45, 7) is 5.50. The molecule has 1 fully saturated rings. The molecule has 0 saturated heterocycles. The third-order valence-corrected chi connectivity index (χ3v) is 6.09. The van der Waals surface area contributed by atoms with Gasteiger partial charge in [-0.3, -0.25) is 0 Å². The molecule has 0 aromatic heterocycles. The SMILES string of the molecule is CCCCCCCCOc1ccc2cc(C3CCC(C)CC3)ccc2c1. The molecule has 1 heteroatoms. The van der Waals surface area contributed by atoms with Crippen LogP contribution in [0.5, 0.6) is 5.75 Å². The van der Waals surface area contributed by atoms with Gasteiger partial charge >= 0.3 is 0 Å². The predicted octanol–water partition coefficient (Wildman–Crippen LogP) is 7.87. The van der Waals surface area contributed by atoms with Gasteiger partial charge in [0.1, 0.15) is 5.75 Å². The molecule has 0 N–H and O–H groups in total. The third kappa shape index (κ3) is 5.50. The van der Waals surface area contributed by atoms with Gasteiger partial charge in [0.05, 0.1) is 6.61 Å². The van der Waals surface area contributed by atoms with Crippen molar-refractivity contribution in [3.05, 3.63) is 42.0 Å². The zero-order valence-corrected chi connectivity index (χ0v) is 16.8. The number of unbranched alkanes of at least 4 members (excludes halogenated alkanes) is 5. The molecule has 2 aromatic carbocycles. The second kappa shape index (κ2) is 10.00. The Bertz CT molecular complexity index is 667. The van der Waals surface area contributed by atoms with Crippen LogP contribution in [0.25, 0.3) is 10.8 Å². The lowest BCUT2D eigenvalue weighted by Crippen LogP contribution is -2.10. The van der Waals surface area contributed by atoms with E-state index in [0.717, 1.165) is 24.2 Å². The number of fused-ring (bicyclic) bond motifs is 1. The Hall–Kier alpha value is -1.50. The molecule has 0 heterocycles. The Kier molecular flexibility index (Phi) is 7.41. The molecule has 1 saturated carbocycles. The van der Waals surface area contributed by atoms with E-state index in [1.165, 1.54) is 80.5 Å². The van der Waals surface area contributed by atoms with E-state index in [2.05, 4.69) is 50.2 Å². The van der Waals surface area contributed by atoms with Crippen LogP contribution in [0.3, 0.4) is 0 Å². The topological polar surface area (TPSA) is 9.23 Å². The van der Waals surface area contributed by atoms with Crippen molar-refractivity contribution in [2.24, 2.45) is 5.92 Å². The fourth-order valence-corrected chi connectivity index (χ4v) is 4.25. The highest BCUT2D eigenvalue weighted by Gasteiger charge is 2.19. The Morgan fingerprint density at radius 3 is 2.31 bits per heavy atom. The van der Waals surface area contributed by atoms with Gasteiger partial charge in [-0.2, -0.15) is 0 Å². The van der Waals surface area contributed by atoms with Crippen molar-refractivity contribution in [3.63, 3.8) is 0 Å². The van der Waals surface area contributed by atoms with E-state index >= 15 is 0 Å². The summed E-state index contributed by atoms with van der Waals surface area (Å²) in [5.74, 6) is 2.70. The minimum atomic E-state index is 0.763. The molecule has 0 amide bonds. The molecule has 1 nitrogen and oxygen atoms in total. The van der Waals surface area contributed by atoms with Gasteiger partial charge in [-0.05, 0) is 59.6 Å². The van der Waals surface area contributed by atoms with E-state index < -0.39 is 0 Å². The molecule has 0 aliphatic heterocycles. The van der Waals surface area contributed by atoms with E-state index in [9.17, 15) is 0 Å². The summed E-state index contributed by atoms with van der Waals surface area (Å²) in [5, 5.41) is 2.66. The summed E-state index contributed by atoms with van der Waals surface area (Å²) in [6.07, 6.45) is 13.3. The normalized spacial score (nSPS) is 20.4. The summed E-state index contributed by atoms with van der Waals surface area (Å²) in [4.78, 5) is 0. The molecule has 142 valence electrons. The van der Waals surface area contributed by atoms with Crippen LogP contribution in [-0.2, 0) is 0 Å². The van der Waals surface area contributed by atoms with Gasteiger partial charge in [0, 0.05) is 0 Å². The molecule has 0 radical (unpaired) electrons. The van der Waals surface area contributed by atoms with Crippen molar-refractivity contribution < 1.29 is 4.74 Å². The van der Waals surface area contributed by atoms with Crippen LogP contribution >= 0.6 is 0 Å². The number of hydrogen-bond acceptors (Lipinski definition) is 1. The van der Waals surface area contributed by atoms with E-state index in [0.29, 0.717) is 0 Å². The smallest absolute Gasteiger partial charge is 0.119 e. The molecule has 0 unspecified atom stereocenters. The fraction of sp³-hybridized carbons (Fsp3) is 0.600. The average Bonchev–Trinajstić information content (AvgIpc) is 2.67. The Morgan fingerprint density at radius 2 is 1.50 bits per heavy atom. The first-order valence-electron chi connectivity index (χ1n) is 10.9. The molecular weight excluding hydrogens is 316 g/mol. The van der Waals surface area contributed by atoms with E-state index in [1.807, 2.05) is 0 Å². The molecule has 2 aromatic rings. The lowest BCUT2D eigenvalue weighted by Gasteiger charge is -2.26. The molecule has 1 aliphatic carbocycles. The zero-order chi connectivity index (χ0) is 18.2. The fourth-order valence-electron chi connectivity index (χ4n) is 4.25. The van der Waals surface area contributed by atoms with Crippen LogP contribution in [0.15, 0.2) is 36.4 Å². The standard InChI is InChI=1S/C25H36O/c1-3-4-5-6-7-8-17-26-25-16-15-23-18-22(13-14-24(23)19-25)21-11-9-20(2)10-12-21/h13-16,18-21H,3-12,17H2,1-2H3. The van der Waals surface area contributed by atoms with Crippen molar-refractivity contribution >= 4 is 10.8 Å². The number of benzene rings is 2. The van der Waals surface area contributed by atoms with Crippen molar-refractivity contribution in [3.8, 4) is 5.75 Å². The van der Waals surface area contributed by atoms with E-state index in [-0.39, 0.29) is 0 Å². The molecule has 3 rings (SSSR count). The van der Waals surface area contributed by atoms with Crippen LogP contribution in [-0.4, -0.2) is 6.61 Å². The van der Waals surface area contributed by atoms with Crippen molar-refractivity contribution in [2.75, 3.05) is 6.61 Å². The van der Waals surface area contributed by atoms with Crippen molar-refractivity contribution in [1.29, 1.82) is 0 Å². The Labute approximate surface area is 160 Å². The highest BCUT2D eigenvalue weighted by atomic mass is 16.5. The third-order valence-electron chi connectivity index (χ3n) is 6.09. The van der Waals surface area contributed by atoms with Gasteiger partial charge < -0.3 is 4.74 Å². The largest absolute Gasteiger partial charge is 0.494 e. The highest BCUT2D eigenvalue weighted by molar-refractivity contribution is 5.84. The molecule has 26 heavy (non-hydrogen) atoms. The van der Waals surface area contributed by atoms with Gasteiger partial charge in [0.2, 0.25) is 0 Å². The minimum Gasteiger partial charge on any atom is -0.494 e. The first-order valence-corrected chi connectivity index (χ1v) is 10.9. The minimum absolute atomic E-state index is 0.763. The van der Waals surface area contributed by atoms with Crippen molar-refractivity contribution in [1.82, 2.24) is 0 Å². The summed E-state index contributed by atoms with van der Waals surface area (Å²) < 4.78 is 5.98. The summed E-state index contributed by atoms with van der Waals surface area (Å²) in [7, 11) is 0. The van der Waals surface area contributed by atoms with Crippen LogP contribution in [0.1, 0.15) is 89.5 Å². The maximum absolute atomic E-state index is 5.98. The Morgan fingerprint density at radius 1 is 0.808 bits per heavy atom. The maximum atomic E-state index is 5.98. The number of hydrogen-bond donors (Lipinski definition) is 0. The second-order valence-corrected chi connectivity index (χ2v) is 8.34. The number of ether oxygens (including phenoxy) is 1. The van der Waals surface area contributed by atoms with Gasteiger partial charge in [0.25, 0.3) is 0 Å². The Balaban J connectivity index is 1.52. The first kappa shape index (κ1) is 19.3. The average molecular weight is 353 g/mol. The predicted molar refractivity (Wildman–Crippen MR) is 113 cm³/mol. The first-order chi connectivity index (χ1) is 12.8. The van der Waals surface area contributed by atoms with Gasteiger partial charge in [-0.1, -0.05) is 83.1 Å². The second-order valence-electron chi connectivity index (χ2n) is 8.34. The van der Waals surface area contributed by atoms with Crippen LogP contribution in [0.4, 0.5) is 0 Å². The monoisotopic (exact) mass is 352 g/mol. The molecular formula is C25H36O. The van der Waals surface area contributed by atoms with Crippen LogP contribution in [0, 0.1) is 5.92 Å². The highest BCUT2D eigenvalue weighted by Crippen LogP contribution is 2.36. The zero-order valence-electron chi connectivity index (χ0n) is 16.8. The quantitative estimate of drug-likeness (QED) is 0.417. The summed E-state index contributed by atoms with van der Waals surface area (Å²) in [5.41, 5.74) is 1.53. The lowest BCUT2D eigenvalue weighted by atomic mass is 9.79. The maximum Gasteiger partial charge on any atom is 0.119 e. The molecule has 0 spiro atoms. The van der Waals surface area contributed by atoms with Crippen LogP contribution < -0.4 is 4.74 Å². The molecule has 0 bridgehead atoms. The lowest BCUT2D eigenvalue weighted by molar-refractivity contribution is 0.305. The van der Waals surface area contributed by atoms with Gasteiger partial charge in [-0.25, -0.2) is 0 Å². The van der Waals surface area contributed by atoms with Crippen molar-refractivity contribution in [2.45, 2.75) is 84.0 Å². The van der Waals surface area contributed by atoms with Gasteiger partial charge in [0.15, 0.2) is 0 Å². The van der Waals surface area contributed by atoms with E-state index in [1.54, 1.807) is 0 Å². The molecule has 1 aliphatic rings. The summed E-state index contributed by atoms with van der Waals surface area (Å²) >= 11 is 0. The van der Waals surface area contributed by atoms with Gasteiger partial charge in [-0.15, -0.1) is 0 Å².